The van der Waals surface area contributed by atoms with Gasteiger partial charge >= 0.3 is 0 Å². The Hall–Kier alpha value is -4.05. The lowest BCUT2D eigenvalue weighted by Gasteiger charge is -2.24. The van der Waals surface area contributed by atoms with Gasteiger partial charge < -0.3 is 15.0 Å². The van der Waals surface area contributed by atoms with Crippen LogP contribution in [0.3, 0.4) is 0 Å². The number of hydrogen-bond donors (Lipinski definition) is 1. The van der Waals surface area contributed by atoms with Gasteiger partial charge in [0.05, 0.1) is 6.61 Å². The van der Waals surface area contributed by atoms with E-state index >= 15 is 0 Å². The van der Waals surface area contributed by atoms with Crippen LogP contribution in [0, 0.1) is 11.3 Å². The van der Waals surface area contributed by atoms with Crippen LogP contribution in [0.2, 0.25) is 0 Å². The Balaban J connectivity index is 1.52. The molecule has 7 heteroatoms. The number of para-hydroxylation sites is 1. The monoisotopic (exact) mass is 455 g/mol. The normalized spacial score (nSPS) is 12.9. The highest BCUT2D eigenvalue weighted by Gasteiger charge is 2.23. The van der Waals surface area contributed by atoms with Crippen molar-refractivity contribution in [3.63, 3.8) is 0 Å². The van der Waals surface area contributed by atoms with Crippen molar-refractivity contribution in [2.75, 3.05) is 36.5 Å². The summed E-state index contributed by atoms with van der Waals surface area (Å²) in [6.07, 6.45) is 4.06. The molecule has 0 unspecified atom stereocenters. The van der Waals surface area contributed by atoms with E-state index in [9.17, 15) is 10.1 Å². The minimum Gasteiger partial charge on any atom is -0.494 e. The summed E-state index contributed by atoms with van der Waals surface area (Å²) in [4.78, 5) is 20.0. The molecule has 0 atom stereocenters. The number of nitrogens with one attached hydrogen (secondary N) is 1. The molecule has 0 radical (unpaired) electrons. The summed E-state index contributed by atoms with van der Waals surface area (Å²) in [7, 11) is 0. The van der Waals surface area contributed by atoms with Crippen molar-refractivity contribution >= 4 is 11.8 Å². The van der Waals surface area contributed by atoms with E-state index in [1.165, 1.54) is 15.7 Å². The van der Waals surface area contributed by atoms with E-state index in [4.69, 9.17) is 9.72 Å². The largest absolute Gasteiger partial charge is 0.494 e. The third kappa shape index (κ3) is 5.29. The summed E-state index contributed by atoms with van der Waals surface area (Å²) in [5.41, 5.74) is 2.34. The standard InChI is InChI=1S/C27H29N5O2/c1-2-16-32-26(33)24(20-28)25(31-17-13-21-9-6-7-10-22(21)14-18-31)30-27(32)29-15-8-19-34-23-11-4-3-5-12-23/h2-7,9-12H,1,8,13-19H2,(H,29,30). The van der Waals surface area contributed by atoms with Crippen molar-refractivity contribution in [3.8, 4) is 11.8 Å². The first-order valence-electron chi connectivity index (χ1n) is 11.6. The third-order valence-corrected chi connectivity index (χ3v) is 5.91. The van der Waals surface area contributed by atoms with Crippen LogP contribution in [0.1, 0.15) is 23.1 Å². The molecule has 2 aromatic carbocycles. The minimum absolute atomic E-state index is 0.0748. The summed E-state index contributed by atoms with van der Waals surface area (Å²) in [6.45, 7) is 6.55. The van der Waals surface area contributed by atoms with Crippen LogP contribution in [0.15, 0.2) is 72.0 Å². The lowest BCUT2D eigenvalue weighted by molar-refractivity contribution is 0.315. The van der Waals surface area contributed by atoms with Gasteiger partial charge in [-0.05, 0) is 42.5 Å². The van der Waals surface area contributed by atoms with E-state index in [0.717, 1.165) is 25.0 Å². The van der Waals surface area contributed by atoms with E-state index in [0.29, 0.717) is 38.0 Å². The van der Waals surface area contributed by atoms with Crippen LogP contribution in [-0.2, 0) is 19.4 Å². The maximum Gasteiger partial charge on any atom is 0.275 e. The lowest BCUT2D eigenvalue weighted by atomic mass is 10.0. The number of ether oxygens (including phenoxy) is 1. The third-order valence-electron chi connectivity index (χ3n) is 5.91. The second-order valence-electron chi connectivity index (χ2n) is 8.15. The number of allylic oxidation sites excluding steroid dienone is 1. The van der Waals surface area contributed by atoms with Gasteiger partial charge in [0.1, 0.15) is 11.8 Å². The van der Waals surface area contributed by atoms with Gasteiger partial charge in [-0.3, -0.25) is 9.36 Å². The van der Waals surface area contributed by atoms with E-state index in [1.54, 1.807) is 6.08 Å². The Kier molecular flexibility index (Phi) is 7.61. The zero-order chi connectivity index (χ0) is 23.8. The van der Waals surface area contributed by atoms with Gasteiger partial charge in [0.25, 0.3) is 5.56 Å². The molecule has 0 saturated heterocycles. The fraction of sp³-hybridized carbons (Fsp3) is 0.296. The zero-order valence-corrected chi connectivity index (χ0v) is 19.2. The number of fused-ring (bicyclic) bond motifs is 1. The van der Waals surface area contributed by atoms with Crippen LogP contribution < -0.4 is 20.5 Å². The van der Waals surface area contributed by atoms with Crippen molar-refractivity contribution in [2.24, 2.45) is 0 Å². The first-order valence-corrected chi connectivity index (χ1v) is 11.6. The van der Waals surface area contributed by atoms with Crippen LogP contribution in [0.4, 0.5) is 11.8 Å². The predicted molar refractivity (Wildman–Crippen MR) is 135 cm³/mol. The fourth-order valence-electron chi connectivity index (χ4n) is 4.16. The maximum atomic E-state index is 13.2. The van der Waals surface area contributed by atoms with Gasteiger partial charge in [-0.1, -0.05) is 48.5 Å². The van der Waals surface area contributed by atoms with Gasteiger partial charge in [-0.2, -0.15) is 10.2 Å². The highest BCUT2D eigenvalue weighted by Crippen LogP contribution is 2.22. The molecule has 3 aromatic rings. The SMILES string of the molecule is C=CCn1c(NCCCOc2ccccc2)nc(N2CCc3ccccc3CC2)c(C#N)c1=O. The molecular formula is C27H29N5O2. The number of nitrogens with zero attached hydrogens (tertiary/aromatic N) is 4. The Morgan fingerprint density at radius 1 is 1.09 bits per heavy atom. The molecule has 0 bridgehead atoms. The number of benzene rings is 2. The molecule has 1 aromatic heterocycles. The van der Waals surface area contributed by atoms with Gasteiger partial charge in [-0.25, -0.2) is 0 Å². The molecule has 7 nitrogen and oxygen atoms in total. The molecule has 0 saturated carbocycles. The van der Waals surface area contributed by atoms with Crippen molar-refractivity contribution in [1.82, 2.24) is 9.55 Å². The van der Waals surface area contributed by atoms with Crippen LogP contribution >= 0.6 is 0 Å². The van der Waals surface area contributed by atoms with E-state index in [2.05, 4.69) is 35.0 Å². The minimum atomic E-state index is -0.350. The van der Waals surface area contributed by atoms with Crippen LogP contribution in [0.25, 0.3) is 0 Å². The molecule has 1 aliphatic rings. The number of hydrogen-bond acceptors (Lipinski definition) is 6. The lowest BCUT2D eigenvalue weighted by Crippen LogP contribution is -2.34. The predicted octanol–water partition coefficient (Wildman–Crippen LogP) is 3.79. The highest BCUT2D eigenvalue weighted by atomic mass is 16.5. The summed E-state index contributed by atoms with van der Waals surface area (Å²) in [5, 5.41) is 13.1. The topological polar surface area (TPSA) is 83.2 Å². The number of aromatic nitrogens is 2. The summed E-state index contributed by atoms with van der Waals surface area (Å²) in [6, 6.07) is 20.1. The Bertz CT molecular complexity index is 1200. The Morgan fingerprint density at radius 2 is 1.76 bits per heavy atom. The smallest absolute Gasteiger partial charge is 0.275 e. The summed E-state index contributed by atoms with van der Waals surface area (Å²) < 4.78 is 7.22. The molecule has 0 amide bonds. The summed E-state index contributed by atoms with van der Waals surface area (Å²) >= 11 is 0. The molecule has 174 valence electrons. The average molecular weight is 456 g/mol. The number of rotatable bonds is 9. The van der Waals surface area contributed by atoms with Gasteiger partial charge in [-0.15, -0.1) is 6.58 Å². The quantitative estimate of drug-likeness (QED) is 0.391. The fourth-order valence-corrected chi connectivity index (χ4v) is 4.16. The molecule has 0 fully saturated rings. The molecule has 0 spiro atoms. The zero-order valence-electron chi connectivity index (χ0n) is 19.2. The van der Waals surface area contributed by atoms with E-state index in [1.807, 2.05) is 42.5 Å². The van der Waals surface area contributed by atoms with Crippen molar-refractivity contribution in [1.29, 1.82) is 5.26 Å². The van der Waals surface area contributed by atoms with Crippen LogP contribution in [0.5, 0.6) is 5.75 Å². The number of nitriles is 1. The first kappa shape index (κ1) is 23.1. The number of anilines is 2. The molecule has 1 N–H and O–H groups in total. The molecule has 34 heavy (non-hydrogen) atoms. The average Bonchev–Trinajstić information content (AvgIpc) is 3.09. The molecule has 1 aliphatic heterocycles. The van der Waals surface area contributed by atoms with Crippen molar-refractivity contribution < 1.29 is 4.74 Å². The molecular weight excluding hydrogens is 426 g/mol. The Labute approximate surface area is 199 Å². The van der Waals surface area contributed by atoms with Crippen molar-refractivity contribution in [2.45, 2.75) is 25.8 Å². The van der Waals surface area contributed by atoms with E-state index in [-0.39, 0.29) is 17.7 Å². The second kappa shape index (κ2) is 11.2. The van der Waals surface area contributed by atoms with Gasteiger partial charge in [0, 0.05) is 26.2 Å². The van der Waals surface area contributed by atoms with Gasteiger partial charge in [0.2, 0.25) is 5.95 Å². The van der Waals surface area contributed by atoms with E-state index < -0.39 is 0 Å². The maximum absolute atomic E-state index is 13.2. The highest BCUT2D eigenvalue weighted by molar-refractivity contribution is 5.56. The molecule has 4 rings (SSSR count). The Morgan fingerprint density at radius 3 is 2.41 bits per heavy atom. The molecule has 0 aliphatic carbocycles. The summed E-state index contributed by atoms with van der Waals surface area (Å²) in [5.74, 6) is 1.72. The molecule has 2 heterocycles. The second-order valence-corrected chi connectivity index (χ2v) is 8.15. The van der Waals surface area contributed by atoms with Crippen molar-refractivity contribution in [3.05, 3.63) is 94.3 Å². The first-order chi connectivity index (χ1) is 16.7. The van der Waals surface area contributed by atoms with Gasteiger partial charge in [0.15, 0.2) is 11.4 Å². The van der Waals surface area contributed by atoms with Crippen LogP contribution in [-0.4, -0.2) is 35.8 Å².